The molecule has 1 saturated carbocycles. The first-order valence-electron chi connectivity index (χ1n) is 5.66. The summed E-state index contributed by atoms with van der Waals surface area (Å²) >= 11 is 3.22. The van der Waals surface area contributed by atoms with E-state index in [9.17, 15) is 8.42 Å². The van der Waals surface area contributed by atoms with Gasteiger partial charge < -0.3 is 0 Å². The summed E-state index contributed by atoms with van der Waals surface area (Å²) in [5, 5.41) is 0. The van der Waals surface area contributed by atoms with Crippen LogP contribution in [0, 0.1) is 5.92 Å². The number of aromatic nitrogens is 1. The summed E-state index contributed by atoms with van der Waals surface area (Å²) in [7, 11) is -3.41. The summed E-state index contributed by atoms with van der Waals surface area (Å²) in [4.78, 5) is 4.08. The van der Waals surface area contributed by atoms with Crippen molar-refractivity contribution < 1.29 is 8.42 Å². The molecule has 1 N–H and O–H groups in total. The smallest absolute Gasteiger partial charge is 0.242 e. The van der Waals surface area contributed by atoms with Crippen molar-refractivity contribution in [1.29, 1.82) is 0 Å². The van der Waals surface area contributed by atoms with E-state index < -0.39 is 10.0 Å². The highest BCUT2D eigenvalue weighted by Crippen LogP contribution is 2.35. The number of nitrogens with one attached hydrogen (secondary N) is 1. The zero-order valence-corrected chi connectivity index (χ0v) is 12.0. The third-order valence-electron chi connectivity index (χ3n) is 2.88. The summed E-state index contributed by atoms with van der Waals surface area (Å²) < 4.78 is 27.4. The SMILES string of the molecule is CCCC1CC1NS(=O)(=O)c1cncc(Br)c1. The number of rotatable bonds is 5. The number of nitrogens with zero attached hydrogens (tertiary/aromatic N) is 1. The van der Waals surface area contributed by atoms with Gasteiger partial charge in [-0.15, -0.1) is 0 Å². The summed E-state index contributed by atoms with van der Waals surface area (Å²) in [5.41, 5.74) is 0. The second-order valence-corrected chi connectivity index (χ2v) is 6.98. The van der Waals surface area contributed by atoms with Crippen molar-refractivity contribution in [1.82, 2.24) is 9.71 Å². The van der Waals surface area contributed by atoms with E-state index in [1.807, 2.05) is 0 Å². The highest BCUT2D eigenvalue weighted by atomic mass is 79.9. The lowest BCUT2D eigenvalue weighted by molar-refractivity contribution is 0.572. The molecule has 0 spiro atoms. The van der Waals surface area contributed by atoms with Crippen LogP contribution < -0.4 is 4.72 Å². The molecule has 0 radical (unpaired) electrons. The molecule has 17 heavy (non-hydrogen) atoms. The Balaban J connectivity index is 2.05. The van der Waals surface area contributed by atoms with Crippen LogP contribution in [0.5, 0.6) is 0 Å². The minimum atomic E-state index is -3.41. The van der Waals surface area contributed by atoms with Crippen LogP contribution in [0.1, 0.15) is 26.2 Å². The number of sulfonamides is 1. The normalized spacial score (nSPS) is 23.6. The zero-order valence-electron chi connectivity index (χ0n) is 9.56. The van der Waals surface area contributed by atoms with Crippen molar-refractivity contribution in [2.45, 2.75) is 37.1 Å². The summed E-state index contributed by atoms with van der Waals surface area (Å²) in [6.45, 7) is 2.11. The highest BCUT2D eigenvalue weighted by Gasteiger charge is 2.39. The van der Waals surface area contributed by atoms with E-state index in [0.29, 0.717) is 10.4 Å². The molecule has 0 bridgehead atoms. The largest absolute Gasteiger partial charge is 0.262 e. The van der Waals surface area contributed by atoms with Gasteiger partial charge in [-0.25, -0.2) is 13.1 Å². The molecule has 4 nitrogen and oxygen atoms in total. The molecule has 2 atom stereocenters. The molecule has 1 aliphatic rings. The molecular formula is C11H15BrN2O2S. The summed E-state index contributed by atoms with van der Waals surface area (Å²) in [6, 6.07) is 1.67. The Bertz CT molecular complexity index is 504. The first kappa shape index (κ1) is 13.0. The third-order valence-corrected chi connectivity index (χ3v) is 4.77. The topological polar surface area (TPSA) is 59.1 Å². The maximum atomic E-state index is 12.0. The van der Waals surface area contributed by atoms with E-state index in [-0.39, 0.29) is 10.9 Å². The van der Waals surface area contributed by atoms with Crippen molar-refractivity contribution in [2.75, 3.05) is 0 Å². The van der Waals surface area contributed by atoms with Gasteiger partial charge in [0.05, 0.1) is 0 Å². The highest BCUT2D eigenvalue weighted by molar-refractivity contribution is 9.10. The minimum absolute atomic E-state index is 0.110. The Morgan fingerprint density at radius 2 is 2.29 bits per heavy atom. The quantitative estimate of drug-likeness (QED) is 0.906. The van der Waals surface area contributed by atoms with E-state index in [4.69, 9.17) is 0 Å². The molecule has 2 unspecified atom stereocenters. The molecule has 1 aromatic rings. The first-order valence-corrected chi connectivity index (χ1v) is 7.93. The van der Waals surface area contributed by atoms with Crippen LogP contribution in [0.25, 0.3) is 0 Å². The van der Waals surface area contributed by atoms with Crippen molar-refractivity contribution >= 4 is 26.0 Å². The van der Waals surface area contributed by atoms with Crippen LogP contribution in [-0.4, -0.2) is 19.4 Å². The Morgan fingerprint density at radius 1 is 1.53 bits per heavy atom. The predicted octanol–water partition coefficient (Wildman–Crippen LogP) is 2.31. The standard InChI is InChI=1S/C11H15BrN2O2S/c1-2-3-8-4-11(8)14-17(15,16)10-5-9(12)6-13-7-10/h5-8,11,14H,2-4H2,1H3. The fourth-order valence-electron chi connectivity index (χ4n) is 1.89. The molecule has 0 aliphatic heterocycles. The minimum Gasteiger partial charge on any atom is -0.262 e. The van der Waals surface area contributed by atoms with Gasteiger partial charge in [-0.3, -0.25) is 4.98 Å². The summed E-state index contributed by atoms with van der Waals surface area (Å²) in [5.74, 6) is 0.509. The Hall–Kier alpha value is -0.460. The van der Waals surface area contributed by atoms with Gasteiger partial charge in [0.25, 0.3) is 0 Å². The molecule has 0 aromatic carbocycles. The van der Waals surface area contributed by atoms with E-state index in [2.05, 4.69) is 32.6 Å². The number of hydrogen-bond donors (Lipinski definition) is 1. The van der Waals surface area contributed by atoms with Gasteiger partial charge in [0.1, 0.15) is 4.90 Å². The number of hydrogen-bond acceptors (Lipinski definition) is 3. The molecule has 0 saturated heterocycles. The molecule has 1 heterocycles. The lowest BCUT2D eigenvalue weighted by atomic mass is 10.2. The first-order chi connectivity index (χ1) is 8.03. The lowest BCUT2D eigenvalue weighted by Gasteiger charge is -2.06. The van der Waals surface area contributed by atoms with Gasteiger partial charge in [-0.2, -0.15) is 0 Å². The van der Waals surface area contributed by atoms with E-state index in [0.717, 1.165) is 19.3 Å². The maximum absolute atomic E-state index is 12.0. The van der Waals surface area contributed by atoms with Gasteiger partial charge in [-0.05, 0) is 40.8 Å². The predicted molar refractivity (Wildman–Crippen MR) is 69.1 cm³/mol. The molecule has 1 aliphatic carbocycles. The Morgan fingerprint density at radius 3 is 2.94 bits per heavy atom. The van der Waals surface area contributed by atoms with Crippen molar-refractivity contribution in [2.24, 2.45) is 5.92 Å². The fourth-order valence-corrected chi connectivity index (χ4v) is 3.71. The maximum Gasteiger partial charge on any atom is 0.242 e. The van der Waals surface area contributed by atoms with Crippen molar-refractivity contribution in [3.63, 3.8) is 0 Å². The second kappa shape index (κ2) is 5.04. The zero-order chi connectivity index (χ0) is 12.5. The molecule has 2 rings (SSSR count). The average Bonchev–Trinajstić information content (AvgIpc) is 2.96. The summed E-state index contributed by atoms with van der Waals surface area (Å²) in [6.07, 6.45) is 6.07. The number of halogens is 1. The van der Waals surface area contributed by atoms with Crippen LogP contribution >= 0.6 is 15.9 Å². The molecule has 1 fully saturated rings. The van der Waals surface area contributed by atoms with Gasteiger partial charge >= 0.3 is 0 Å². The average molecular weight is 319 g/mol. The van der Waals surface area contributed by atoms with E-state index in [1.54, 1.807) is 12.3 Å². The molecule has 1 aromatic heterocycles. The van der Waals surface area contributed by atoms with Crippen molar-refractivity contribution in [3.8, 4) is 0 Å². The molecule has 0 amide bonds. The van der Waals surface area contributed by atoms with Crippen LogP contribution in [-0.2, 0) is 10.0 Å². The molecule has 6 heteroatoms. The van der Waals surface area contributed by atoms with Crippen LogP contribution in [0.3, 0.4) is 0 Å². The van der Waals surface area contributed by atoms with Crippen LogP contribution in [0.4, 0.5) is 0 Å². The van der Waals surface area contributed by atoms with E-state index in [1.165, 1.54) is 6.20 Å². The fraction of sp³-hybridized carbons (Fsp3) is 0.545. The van der Waals surface area contributed by atoms with Crippen LogP contribution in [0.15, 0.2) is 27.8 Å². The monoisotopic (exact) mass is 318 g/mol. The van der Waals surface area contributed by atoms with Gasteiger partial charge in [-0.1, -0.05) is 13.3 Å². The van der Waals surface area contributed by atoms with Crippen molar-refractivity contribution in [3.05, 3.63) is 22.9 Å². The Labute approximate surface area is 110 Å². The van der Waals surface area contributed by atoms with E-state index >= 15 is 0 Å². The van der Waals surface area contributed by atoms with Gasteiger partial charge in [0.2, 0.25) is 10.0 Å². The number of pyridine rings is 1. The van der Waals surface area contributed by atoms with Gasteiger partial charge in [0, 0.05) is 22.9 Å². The Kier molecular flexibility index (Phi) is 3.85. The second-order valence-electron chi connectivity index (χ2n) is 4.35. The lowest BCUT2D eigenvalue weighted by Crippen LogP contribution is -2.27. The third kappa shape index (κ3) is 3.26. The molecular weight excluding hydrogens is 304 g/mol. The van der Waals surface area contributed by atoms with Crippen LogP contribution in [0.2, 0.25) is 0 Å². The molecule has 94 valence electrons. The van der Waals surface area contributed by atoms with Gasteiger partial charge in [0.15, 0.2) is 0 Å².